The summed E-state index contributed by atoms with van der Waals surface area (Å²) < 4.78 is 2.21. The van der Waals surface area contributed by atoms with E-state index in [2.05, 4.69) is 30.3 Å². The fourth-order valence-corrected chi connectivity index (χ4v) is 1.50. The lowest BCUT2D eigenvalue weighted by Crippen LogP contribution is -2.14. The fourth-order valence-electron chi connectivity index (χ4n) is 1.50. The third-order valence-corrected chi connectivity index (χ3v) is 2.11. The van der Waals surface area contributed by atoms with Crippen LogP contribution < -0.4 is 5.73 Å². The van der Waals surface area contributed by atoms with Crippen molar-refractivity contribution in [3.05, 3.63) is 18.2 Å². The summed E-state index contributed by atoms with van der Waals surface area (Å²) in [5.74, 6) is 0. The van der Waals surface area contributed by atoms with Gasteiger partial charge in [0.15, 0.2) is 0 Å². The summed E-state index contributed by atoms with van der Waals surface area (Å²) in [5, 5.41) is 0. The first-order chi connectivity index (χ1) is 6.53. The Balaban J connectivity index is 2.63. The van der Waals surface area contributed by atoms with Crippen LogP contribution in [-0.2, 0) is 13.0 Å². The van der Waals surface area contributed by atoms with Gasteiger partial charge in [0.1, 0.15) is 0 Å². The zero-order chi connectivity index (χ0) is 10.6. The van der Waals surface area contributed by atoms with Gasteiger partial charge in [0.05, 0.1) is 6.33 Å². The lowest BCUT2D eigenvalue weighted by molar-refractivity contribution is 0.396. The van der Waals surface area contributed by atoms with Crippen LogP contribution in [0.4, 0.5) is 0 Å². The van der Waals surface area contributed by atoms with E-state index in [-0.39, 0.29) is 0 Å². The number of hydrogen-bond acceptors (Lipinski definition) is 2. The molecule has 0 atom stereocenters. The van der Waals surface area contributed by atoms with E-state index in [1.165, 1.54) is 5.69 Å². The first kappa shape index (κ1) is 11.2. The molecule has 0 saturated heterocycles. The lowest BCUT2D eigenvalue weighted by atomic mass is 9.91. The Labute approximate surface area is 86.3 Å². The Morgan fingerprint density at radius 3 is 2.71 bits per heavy atom. The molecular formula is C11H21N3. The largest absolute Gasteiger partial charge is 0.335 e. The number of aromatic nitrogens is 2. The molecule has 2 N–H and O–H groups in total. The van der Waals surface area contributed by atoms with Gasteiger partial charge in [0.25, 0.3) is 0 Å². The van der Waals surface area contributed by atoms with Crippen molar-refractivity contribution in [1.29, 1.82) is 0 Å². The SMILES string of the molecule is CC(C)(C)Cc1cncn1CCCN. The molecule has 0 aliphatic carbocycles. The standard InChI is InChI=1S/C11H21N3/c1-11(2,3)7-10-8-13-9-14(10)6-4-5-12/h8-9H,4-7,12H2,1-3H3. The highest BCUT2D eigenvalue weighted by atomic mass is 15.0. The van der Waals surface area contributed by atoms with Crippen LogP contribution >= 0.6 is 0 Å². The minimum atomic E-state index is 0.320. The predicted octanol–water partition coefficient (Wildman–Crippen LogP) is 1.82. The van der Waals surface area contributed by atoms with Crippen LogP contribution in [-0.4, -0.2) is 16.1 Å². The highest BCUT2D eigenvalue weighted by Crippen LogP contribution is 2.20. The van der Waals surface area contributed by atoms with Gasteiger partial charge in [-0.3, -0.25) is 0 Å². The van der Waals surface area contributed by atoms with E-state index in [1.807, 2.05) is 12.5 Å². The van der Waals surface area contributed by atoms with Crippen molar-refractivity contribution >= 4 is 0 Å². The summed E-state index contributed by atoms with van der Waals surface area (Å²) >= 11 is 0. The van der Waals surface area contributed by atoms with E-state index in [0.29, 0.717) is 5.41 Å². The van der Waals surface area contributed by atoms with E-state index in [1.54, 1.807) is 0 Å². The van der Waals surface area contributed by atoms with Crippen LogP contribution in [0.2, 0.25) is 0 Å². The van der Waals surface area contributed by atoms with Gasteiger partial charge in [-0.1, -0.05) is 20.8 Å². The molecule has 3 nitrogen and oxygen atoms in total. The molecule has 0 spiro atoms. The van der Waals surface area contributed by atoms with Crippen molar-refractivity contribution in [2.75, 3.05) is 6.54 Å². The van der Waals surface area contributed by atoms with Crippen LogP contribution in [0.5, 0.6) is 0 Å². The van der Waals surface area contributed by atoms with E-state index < -0.39 is 0 Å². The average molecular weight is 195 g/mol. The summed E-state index contributed by atoms with van der Waals surface area (Å²) in [6.45, 7) is 8.46. The molecule has 0 radical (unpaired) electrons. The molecule has 0 aliphatic heterocycles. The van der Waals surface area contributed by atoms with Crippen molar-refractivity contribution in [3.8, 4) is 0 Å². The fraction of sp³-hybridized carbons (Fsp3) is 0.727. The number of aryl methyl sites for hydroxylation is 1. The topological polar surface area (TPSA) is 43.8 Å². The minimum absolute atomic E-state index is 0.320. The first-order valence-electron chi connectivity index (χ1n) is 5.22. The van der Waals surface area contributed by atoms with Gasteiger partial charge in [0, 0.05) is 18.4 Å². The Hall–Kier alpha value is -0.830. The summed E-state index contributed by atoms with van der Waals surface area (Å²) in [5.41, 5.74) is 7.12. The maximum Gasteiger partial charge on any atom is 0.0948 e. The van der Waals surface area contributed by atoms with Crippen LogP contribution in [0.3, 0.4) is 0 Å². The number of imidazole rings is 1. The Morgan fingerprint density at radius 2 is 2.14 bits per heavy atom. The summed E-state index contributed by atoms with van der Waals surface area (Å²) in [6.07, 6.45) is 5.95. The molecule has 0 bridgehead atoms. The van der Waals surface area contributed by atoms with Crippen LogP contribution in [0.1, 0.15) is 32.9 Å². The molecule has 3 heteroatoms. The zero-order valence-electron chi connectivity index (χ0n) is 9.45. The Bertz CT molecular complexity index is 270. The lowest BCUT2D eigenvalue weighted by Gasteiger charge is -2.18. The second-order valence-electron chi connectivity index (χ2n) is 4.96. The zero-order valence-corrected chi connectivity index (χ0v) is 9.45. The summed E-state index contributed by atoms with van der Waals surface area (Å²) in [4.78, 5) is 4.18. The number of nitrogens with two attached hydrogens (primary N) is 1. The van der Waals surface area contributed by atoms with Crippen LogP contribution in [0.15, 0.2) is 12.5 Å². The predicted molar refractivity (Wildman–Crippen MR) is 59.1 cm³/mol. The number of hydrogen-bond donors (Lipinski definition) is 1. The smallest absolute Gasteiger partial charge is 0.0948 e. The number of rotatable bonds is 4. The number of nitrogens with zero attached hydrogens (tertiary/aromatic N) is 2. The average Bonchev–Trinajstić information content (AvgIpc) is 2.45. The van der Waals surface area contributed by atoms with Gasteiger partial charge < -0.3 is 10.3 Å². The Morgan fingerprint density at radius 1 is 1.43 bits per heavy atom. The van der Waals surface area contributed by atoms with Gasteiger partial charge in [-0.05, 0) is 24.8 Å². The van der Waals surface area contributed by atoms with Gasteiger partial charge >= 0.3 is 0 Å². The maximum absolute atomic E-state index is 5.49. The Kier molecular flexibility index (Phi) is 3.69. The molecule has 14 heavy (non-hydrogen) atoms. The van der Waals surface area contributed by atoms with Crippen molar-refractivity contribution < 1.29 is 0 Å². The summed E-state index contributed by atoms with van der Waals surface area (Å²) in [7, 11) is 0. The molecule has 0 aromatic carbocycles. The van der Waals surface area contributed by atoms with E-state index in [9.17, 15) is 0 Å². The van der Waals surface area contributed by atoms with E-state index >= 15 is 0 Å². The molecule has 1 aromatic rings. The first-order valence-corrected chi connectivity index (χ1v) is 5.22. The molecular weight excluding hydrogens is 174 g/mol. The van der Waals surface area contributed by atoms with Crippen molar-refractivity contribution in [1.82, 2.24) is 9.55 Å². The normalized spacial score (nSPS) is 12.0. The third-order valence-electron chi connectivity index (χ3n) is 2.11. The van der Waals surface area contributed by atoms with Gasteiger partial charge in [-0.15, -0.1) is 0 Å². The molecule has 80 valence electrons. The third kappa shape index (κ3) is 3.50. The van der Waals surface area contributed by atoms with Crippen molar-refractivity contribution in [2.45, 2.75) is 40.2 Å². The van der Waals surface area contributed by atoms with Gasteiger partial charge in [-0.2, -0.15) is 0 Å². The van der Waals surface area contributed by atoms with Crippen molar-refractivity contribution in [3.63, 3.8) is 0 Å². The quantitative estimate of drug-likeness (QED) is 0.796. The van der Waals surface area contributed by atoms with Crippen LogP contribution in [0.25, 0.3) is 0 Å². The van der Waals surface area contributed by atoms with E-state index in [4.69, 9.17) is 5.73 Å². The second kappa shape index (κ2) is 4.60. The molecule has 1 rings (SSSR count). The maximum atomic E-state index is 5.49. The highest BCUT2D eigenvalue weighted by molar-refractivity contribution is 5.01. The molecule has 0 amide bonds. The van der Waals surface area contributed by atoms with Gasteiger partial charge in [0.2, 0.25) is 0 Å². The summed E-state index contributed by atoms with van der Waals surface area (Å²) in [6, 6.07) is 0. The van der Waals surface area contributed by atoms with Gasteiger partial charge in [-0.25, -0.2) is 4.98 Å². The molecule has 0 unspecified atom stereocenters. The van der Waals surface area contributed by atoms with E-state index in [0.717, 1.165) is 25.9 Å². The minimum Gasteiger partial charge on any atom is -0.335 e. The molecule has 0 fully saturated rings. The molecule has 1 heterocycles. The monoisotopic (exact) mass is 195 g/mol. The highest BCUT2D eigenvalue weighted by Gasteiger charge is 2.13. The van der Waals surface area contributed by atoms with Crippen molar-refractivity contribution in [2.24, 2.45) is 11.1 Å². The molecule has 1 aromatic heterocycles. The molecule has 0 saturated carbocycles. The molecule has 0 aliphatic rings. The second-order valence-corrected chi connectivity index (χ2v) is 4.96. The van der Waals surface area contributed by atoms with Crippen LogP contribution in [0, 0.1) is 5.41 Å².